The van der Waals surface area contributed by atoms with Crippen LogP contribution in [0.15, 0.2) is 42.6 Å². The Hall–Kier alpha value is -1.88. The zero-order valence-corrected chi connectivity index (χ0v) is 11.2. The highest BCUT2D eigenvalue weighted by atomic mass is 32.2. The SMILES string of the molecule is CSCc1ccc(C(=O)Nc2ccc(F)cn2)cc1. The first-order valence-corrected chi connectivity index (χ1v) is 7.09. The number of amides is 1. The average Bonchev–Trinajstić information content (AvgIpc) is 2.42. The molecule has 5 heteroatoms. The molecular formula is C14H13FN2OS. The highest BCUT2D eigenvalue weighted by molar-refractivity contribution is 7.97. The Labute approximate surface area is 115 Å². The van der Waals surface area contributed by atoms with Gasteiger partial charge in [0, 0.05) is 11.3 Å². The van der Waals surface area contributed by atoms with E-state index in [2.05, 4.69) is 10.3 Å². The fourth-order valence-corrected chi connectivity index (χ4v) is 2.08. The van der Waals surface area contributed by atoms with Crippen LogP contribution in [-0.2, 0) is 5.75 Å². The van der Waals surface area contributed by atoms with Crippen molar-refractivity contribution in [3.63, 3.8) is 0 Å². The second-order valence-corrected chi connectivity index (χ2v) is 4.81. The van der Waals surface area contributed by atoms with Crippen molar-refractivity contribution in [3.8, 4) is 0 Å². The van der Waals surface area contributed by atoms with Crippen LogP contribution in [0.1, 0.15) is 15.9 Å². The van der Waals surface area contributed by atoms with Gasteiger partial charge in [0.05, 0.1) is 6.20 Å². The van der Waals surface area contributed by atoms with Gasteiger partial charge in [0.1, 0.15) is 11.6 Å². The predicted octanol–water partition coefficient (Wildman–Crippen LogP) is 3.34. The molecule has 0 fully saturated rings. The molecule has 0 bridgehead atoms. The summed E-state index contributed by atoms with van der Waals surface area (Å²) in [7, 11) is 0. The fraction of sp³-hybridized carbons (Fsp3) is 0.143. The molecule has 0 atom stereocenters. The third kappa shape index (κ3) is 3.79. The lowest BCUT2D eigenvalue weighted by Gasteiger charge is -2.05. The van der Waals surface area contributed by atoms with Gasteiger partial charge in [-0.05, 0) is 36.1 Å². The van der Waals surface area contributed by atoms with E-state index >= 15 is 0 Å². The maximum atomic E-state index is 12.7. The van der Waals surface area contributed by atoms with E-state index < -0.39 is 5.82 Å². The monoisotopic (exact) mass is 276 g/mol. The second kappa shape index (κ2) is 6.33. The molecule has 1 amide bonds. The number of aromatic nitrogens is 1. The summed E-state index contributed by atoms with van der Waals surface area (Å²) in [6, 6.07) is 10.1. The number of hydrogen-bond donors (Lipinski definition) is 1. The van der Waals surface area contributed by atoms with Crippen molar-refractivity contribution in [2.45, 2.75) is 5.75 Å². The standard InChI is InChI=1S/C14H13FN2OS/c1-19-9-10-2-4-11(5-3-10)14(18)17-13-7-6-12(15)8-16-13/h2-8H,9H2,1H3,(H,16,17,18). The molecule has 1 N–H and O–H groups in total. The minimum atomic E-state index is -0.431. The van der Waals surface area contributed by atoms with E-state index in [1.807, 2.05) is 18.4 Å². The van der Waals surface area contributed by atoms with E-state index in [9.17, 15) is 9.18 Å². The van der Waals surface area contributed by atoms with Crippen molar-refractivity contribution in [1.82, 2.24) is 4.98 Å². The van der Waals surface area contributed by atoms with Crippen LogP contribution in [0.3, 0.4) is 0 Å². The van der Waals surface area contributed by atoms with E-state index in [-0.39, 0.29) is 5.91 Å². The summed E-state index contributed by atoms with van der Waals surface area (Å²) in [6.45, 7) is 0. The van der Waals surface area contributed by atoms with E-state index in [1.165, 1.54) is 17.7 Å². The van der Waals surface area contributed by atoms with Gasteiger partial charge in [-0.15, -0.1) is 0 Å². The molecule has 0 aliphatic rings. The number of thioether (sulfide) groups is 1. The molecule has 98 valence electrons. The molecule has 1 heterocycles. The van der Waals surface area contributed by atoms with Crippen molar-refractivity contribution in [2.24, 2.45) is 0 Å². The lowest BCUT2D eigenvalue weighted by molar-refractivity contribution is 0.102. The molecule has 0 radical (unpaired) electrons. The van der Waals surface area contributed by atoms with Gasteiger partial charge in [0.2, 0.25) is 0 Å². The molecule has 0 saturated heterocycles. The van der Waals surface area contributed by atoms with Crippen molar-refractivity contribution < 1.29 is 9.18 Å². The van der Waals surface area contributed by atoms with Crippen molar-refractivity contribution in [3.05, 3.63) is 59.5 Å². The zero-order valence-electron chi connectivity index (χ0n) is 10.4. The van der Waals surface area contributed by atoms with Gasteiger partial charge >= 0.3 is 0 Å². The number of benzene rings is 1. The molecule has 19 heavy (non-hydrogen) atoms. The third-order valence-electron chi connectivity index (χ3n) is 2.50. The maximum Gasteiger partial charge on any atom is 0.256 e. The van der Waals surface area contributed by atoms with Crippen molar-refractivity contribution >= 4 is 23.5 Å². The number of halogens is 1. The molecule has 0 aliphatic carbocycles. The number of nitrogens with one attached hydrogen (secondary N) is 1. The van der Waals surface area contributed by atoms with E-state index in [0.29, 0.717) is 11.4 Å². The Balaban J connectivity index is 2.05. The molecule has 0 aliphatic heterocycles. The van der Waals surface area contributed by atoms with Crippen LogP contribution in [-0.4, -0.2) is 17.1 Å². The van der Waals surface area contributed by atoms with E-state index in [0.717, 1.165) is 11.9 Å². The van der Waals surface area contributed by atoms with Crippen LogP contribution in [0.5, 0.6) is 0 Å². The zero-order chi connectivity index (χ0) is 13.7. The van der Waals surface area contributed by atoms with Gasteiger partial charge in [0.15, 0.2) is 0 Å². The normalized spacial score (nSPS) is 10.2. The van der Waals surface area contributed by atoms with E-state index in [1.54, 1.807) is 23.9 Å². The minimum absolute atomic E-state index is 0.255. The maximum absolute atomic E-state index is 12.7. The Morgan fingerprint density at radius 3 is 2.58 bits per heavy atom. The summed E-state index contributed by atoms with van der Waals surface area (Å²) in [4.78, 5) is 15.7. The van der Waals surface area contributed by atoms with Gasteiger partial charge < -0.3 is 5.32 Å². The van der Waals surface area contributed by atoms with Crippen LogP contribution in [0.25, 0.3) is 0 Å². The lowest BCUT2D eigenvalue weighted by atomic mass is 10.1. The molecular weight excluding hydrogens is 263 g/mol. The second-order valence-electron chi connectivity index (χ2n) is 3.95. The number of hydrogen-bond acceptors (Lipinski definition) is 3. The molecule has 0 saturated carbocycles. The number of anilines is 1. The number of rotatable bonds is 4. The molecule has 1 aromatic carbocycles. The van der Waals surface area contributed by atoms with Gasteiger partial charge in [-0.25, -0.2) is 9.37 Å². The average molecular weight is 276 g/mol. The third-order valence-corrected chi connectivity index (χ3v) is 3.12. The van der Waals surface area contributed by atoms with Crippen LogP contribution in [0, 0.1) is 5.82 Å². The topological polar surface area (TPSA) is 42.0 Å². The molecule has 0 unspecified atom stereocenters. The summed E-state index contributed by atoms with van der Waals surface area (Å²) < 4.78 is 12.7. The summed E-state index contributed by atoms with van der Waals surface area (Å²) in [6.07, 6.45) is 3.10. The van der Waals surface area contributed by atoms with Gasteiger partial charge in [0.25, 0.3) is 5.91 Å². The number of pyridine rings is 1. The van der Waals surface area contributed by atoms with Gasteiger partial charge in [-0.1, -0.05) is 12.1 Å². The van der Waals surface area contributed by atoms with Crippen LogP contribution in [0.4, 0.5) is 10.2 Å². The first-order chi connectivity index (χ1) is 9.19. The summed E-state index contributed by atoms with van der Waals surface area (Å²) in [5, 5.41) is 2.61. The lowest BCUT2D eigenvalue weighted by Crippen LogP contribution is -2.12. The number of carbonyl (C=O) groups is 1. The van der Waals surface area contributed by atoms with E-state index in [4.69, 9.17) is 0 Å². The van der Waals surface area contributed by atoms with Gasteiger partial charge in [-0.3, -0.25) is 4.79 Å². The largest absolute Gasteiger partial charge is 0.307 e. The Bertz CT molecular complexity index is 555. The first-order valence-electron chi connectivity index (χ1n) is 5.70. The quantitative estimate of drug-likeness (QED) is 0.931. The Morgan fingerprint density at radius 1 is 1.26 bits per heavy atom. The highest BCUT2D eigenvalue weighted by Crippen LogP contribution is 2.12. The summed E-state index contributed by atoms with van der Waals surface area (Å²) in [5.74, 6) is 0.565. The smallest absolute Gasteiger partial charge is 0.256 e. The molecule has 2 aromatic rings. The molecule has 0 spiro atoms. The Kier molecular flexibility index (Phi) is 4.52. The number of carbonyl (C=O) groups excluding carboxylic acids is 1. The van der Waals surface area contributed by atoms with Crippen molar-refractivity contribution in [1.29, 1.82) is 0 Å². The minimum Gasteiger partial charge on any atom is -0.307 e. The van der Waals surface area contributed by atoms with Gasteiger partial charge in [-0.2, -0.15) is 11.8 Å². The van der Waals surface area contributed by atoms with Crippen molar-refractivity contribution in [2.75, 3.05) is 11.6 Å². The molecule has 2 rings (SSSR count). The Morgan fingerprint density at radius 2 is 2.00 bits per heavy atom. The summed E-state index contributed by atoms with van der Waals surface area (Å²) >= 11 is 1.73. The first kappa shape index (κ1) is 13.5. The van der Waals surface area contributed by atoms with Crippen LogP contribution >= 0.6 is 11.8 Å². The fourth-order valence-electron chi connectivity index (χ4n) is 1.56. The molecule has 3 nitrogen and oxygen atoms in total. The van der Waals surface area contributed by atoms with Crippen LogP contribution in [0.2, 0.25) is 0 Å². The predicted molar refractivity (Wildman–Crippen MR) is 75.8 cm³/mol. The van der Waals surface area contributed by atoms with Crippen LogP contribution < -0.4 is 5.32 Å². The molecule has 1 aromatic heterocycles. The highest BCUT2D eigenvalue weighted by Gasteiger charge is 2.06. The number of nitrogens with zero attached hydrogens (tertiary/aromatic N) is 1. The summed E-state index contributed by atoms with van der Waals surface area (Å²) in [5.41, 5.74) is 1.72.